The highest BCUT2D eigenvalue weighted by atomic mass is 16.5. The van der Waals surface area contributed by atoms with Crippen LogP contribution in [-0.2, 0) is 4.79 Å². The molecule has 1 amide bonds. The molecular weight excluding hydrogens is 258 g/mol. The van der Waals surface area contributed by atoms with Crippen molar-refractivity contribution in [3.63, 3.8) is 0 Å². The molecule has 1 N–H and O–H groups in total. The smallest absolute Gasteiger partial charge is 0.323 e. The first-order chi connectivity index (χ1) is 9.58. The number of benzene rings is 1. The average molecular weight is 275 g/mol. The van der Waals surface area contributed by atoms with Gasteiger partial charge in [-0.3, -0.25) is 9.59 Å². The van der Waals surface area contributed by atoms with Gasteiger partial charge in [-0.25, -0.2) is 0 Å². The molecule has 0 aliphatic rings. The number of aliphatic carboxylic acids is 1. The Morgan fingerprint density at radius 2 is 1.85 bits per heavy atom. The second kappa shape index (κ2) is 7.78. The van der Waals surface area contributed by atoms with Gasteiger partial charge in [-0.15, -0.1) is 6.58 Å². The molecule has 1 aromatic rings. The van der Waals surface area contributed by atoms with Crippen LogP contribution in [0, 0.1) is 0 Å². The van der Waals surface area contributed by atoms with Gasteiger partial charge in [0.05, 0.1) is 0 Å². The van der Waals surface area contributed by atoms with E-state index in [2.05, 4.69) is 13.2 Å². The first-order valence-corrected chi connectivity index (χ1v) is 6.04. The fraction of sp³-hybridized carbons (Fsp3) is 0.200. The molecule has 5 nitrogen and oxygen atoms in total. The van der Waals surface area contributed by atoms with E-state index in [9.17, 15) is 9.59 Å². The summed E-state index contributed by atoms with van der Waals surface area (Å²) in [4.78, 5) is 24.1. The Balaban J connectivity index is 2.80. The monoisotopic (exact) mass is 275 g/mol. The number of carboxylic acids is 1. The summed E-state index contributed by atoms with van der Waals surface area (Å²) >= 11 is 0. The number of rotatable bonds is 8. The van der Waals surface area contributed by atoms with E-state index in [1.165, 1.54) is 11.0 Å². The maximum atomic E-state index is 12.2. The SMILES string of the molecule is C=CCOc1ccc(C(=O)N(CC=C)CC(=O)O)cc1. The number of hydrogen-bond acceptors (Lipinski definition) is 3. The Bertz CT molecular complexity index is 493. The van der Waals surface area contributed by atoms with E-state index in [0.29, 0.717) is 17.9 Å². The first kappa shape index (κ1) is 15.5. The van der Waals surface area contributed by atoms with Crippen LogP contribution in [0.5, 0.6) is 5.75 Å². The number of nitrogens with zero attached hydrogens (tertiary/aromatic N) is 1. The quantitative estimate of drug-likeness (QED) is 0.736. The molecule has 0 radical (unpaired) electrons. The van der Waals surface area contributed by atoms with Crippen molar-refractivity contribution in [2.75, 3.05) is 19.7 Å². The zero-order valence-electron chi connectivity index (χ0n) is 11.1. The predicted molar refractivity (Wildman–Crippen MR) is 75.9 cm³/mol. The van der Waals surface area contributed by atoms with Crippen molar-refractivity contribution < 1.29 is 19.4 Å². The van der Waals surface area contributed by atoms with Gasteiger partial charge >= 0.3 is 5.97 Å². The molecule has 0 saturated heterocycles. The fourth-order valence-electron chi connectivity index (χ4n) is 1.57. The molecule has 0 aromatic heterocycles. The Kier molecular flexibility index (Phi) is 6.03. The second-order valence-electron chi connectivity index (χ2n) is 3.99. The number of carbonyl (C=O) groups excluding carboxylic acids is 1. The van der Waals surface area contributed by atoms with E-state index in [1.54, 1.807) is 30.3 Å². The number of carboxylic acid groups (broad SMARTS) is 1. The molecule has 1 rings (SSSR count). The molecular formula is C15H17NO4. The minimum atomic E-state index is -1.06. The Morgan fingerprint density at radius 1 is 1.20 bits per heavy atom. The van der Waals surface area contributed by atoms with Crippen LogP contribution in [0.15, 0.2) is 49.6 Å². The van der Waals surface area contributed by atoms with Crippen LogP contribution in [0.4, 0.5) is 0 Å². The van der Waals surface area contributed by atoms with E-state index >= 15 is 0 Å². The average Bonchev–Trinajstić information content (AvgIpc) is 2.44. The van der Waals surface area contributed by atoms with E-state index in [0.717, 1.165) is 0 Å². The summed E-state index contributed by atoms with van der Waals surface area (Å²) in [6.45, 7) is 7.26. The van der Waals surface area contributed by atoms with Crippen molar-refractivity contribution >= 4 is 11.9 Å². The summed E-state index contributed by atoms with van der Waals surface area (Å²) in [6.07, 6.45) is 3.11. The molecule has 5 heteroatoms. The minimum absolute atomic E-state index is 0.180. The Morgan fingerprint density at radius 3 is 2.35 bits per heavy atom. The molecule has 20 heavy (non-hydrogen) atoms. The first-order valence-electron chi connectivity index (χ1n) is 6.04. The van der Waals surface area contributed by atoms with Gasteiger partial charge in [0.25, 0.3) is 5.91 Å². The summed E-state index contributed by atoms with van der Waals surface area (Å²) in [6, 6.07) is 6.50. The maximum absolute atomic E-state index is 12.2. The Hall–Kier alpha value is -2.56. The topological polar surface area (TPSA) is 66.8 Å². The second-order valence-corrected chi connectivity index (χ2v) is 3.99. The van der Waals surface area contributed by atoms with E-state index in [1.807, 2.05) is 0 Å². The number of ether oxygens (including phenoxy) is 1. The minimum Gasteiger partial charge on any atom is -0.490 e. The molecule has 0 fully saturated rings. The van der Waals surface area contributed by atoms with Crippen LogP contribution >= 0.6 is 0 Å². The predicted octanol–water partition coefficient (Wildman–Crippen LogP) is 1.96. The van der Waals surface area contributed by atoms with Gasteiger partial charge in [0.2, 0.25) is 0 Å². The lowest BCUT2D eigenvalue weighted by Crippen LogP contribution is -2.35. The van der Waals surface area contributed by atoms with Crippen molar-refractivity contribution in [3.8, 4) is 5.75 Å². The number of carbonyl (C=O) groups is 2. The van der Waals surface area contributed by atoms with Crippen molar-refractivity contribution in [1.29, 1.82) is 0 Å². The number of amides is 1. The molecule has 106 valence electrons. The van der Waals surface area contributed by atoms with Crippen molar-refractivity contribution in [2.45, 2.75) is 0 Å². The third kappa shape index (κ3) is 4.61. The van der Waals surface area contributed by atoms with Gasteiger partial charge < -0.3 is 14.7 Å². The highest BCUT2D eigenvalue weighted by Gasteiger charge is 2.17. The van der Waals surface area contributed by atoms with E-state index < -0.39 is 5.97 Å². The Labute approximate surface area is 117 Å². The molecule has 0 heterocycles. The standard InChI is InChI=1S/C15H17NO4/c1-3-9-16(11-14(17)18)15(19)12-5-7-13(8-6-12)20-10-4-2/h3-8H,1-2,9-11H2,(H,17,18). The van der Waals surface area contributed by atoms with Crippen molar-refractivity contribution in [2.24, 2.45) is 0 Å². The van der Waals surface area contributed by atoms with Gasteiger partial charge in [-0.1, -0.05) is 18.7 Å². The van der Waals surface area contributed by atoms with E-state index in [-0.39, 0.29) is 19.0 Å². The van der Waals surface area contributed by atoms with Gasteiger partial charge in [0, 0.05) is 12.1 Å². The highest BCUT2D eigenvalue weighted by Crippen LogP contribution is 2.14. The third-order valence-electron chi connectivity index (χ3n) is 2.43. The van der Waals surface area contributed by atoms with Gasteiger partial charge in [-0.2, -0.15) is 0 Å². The summed E-state index contributed by atoms with van der Waals surface area (Å²) in [5, 5.41) is 8.79. The van der Waals surface area contributed by atoms with Crippen molar-refractivity contribution in [3.05, 3.63) is 55.1 Å². The molecule has 0 aliphatic heterocycles. The molecule has 0 saturated carbocycles. The lowest BCUT2D eigenvalue weighted by Gasteiger charge is -2.18. The van der Waals surface area contributed by atoms with E-state index in [4.69, 9.17) is 9.84 Å². The van der Waals surface area contributed by atoms with Gasteiger partial charge in [0.1, 0.15) is 18.9 Å². The molecule has 1 aromatic carbocycles. The summed E-state index contributed by atoms with van der Waals surface area (Å²) in [5.74, 6) is -0.802. The normalized spacial score (nSPS) is 9.60. The maximum Gasteiger partial charge on any atom is 0.323 e. The summed E-state index contributed by atoms with van der Waals surface area (Å²) < 4.78 is 5.31. The van der Waals surface area contributed by atoms with Gasteiger partial charge in [-0.05, 0) is 24.3 Å². The zero-order chi connectivity index (χ0) is 15.0. The number of hydrogen-bond donors (Lipinski definition) is 1. The van der Waals surface area contributed by atoms with Crippen molar-refractivity contribution in [1.82, 2.24) is 4.90 Å². The molecule has 0 atom stereocenters. The van der Waals surface area contributed by atoms with Crippen LogP contribution in [0.2, 0.25) is 0 Å². The van der Waals surface area contributed by atoms with Crippen LogP contribution in [0.25, 0.3) is 0 Å². The molecule has 0 bridgehead atoms. The third-order valence-corrected chi connectivity index (χ3v) is 2.43. The van der Waals surface area contributed by atoms with Crippen LogP contribution in [0.1, 0.15) is 10.4 Å². The fourth-order valence-corrected chi connectivity index (χ4v) is 1.57. The lowest BCUT2D eigenvalue weighted by molar-refractivity contribution is -0.137. The highest BCUT2D eigenvalue weighted by molar-refractivity contribution is 5.96. The van der Waals surface area contributed by atoms with Gasteiger partial charge in [0.15, 0.2) is 0 Å². The lowest BCUT2D eigenvalue weighted by atomic mass is 10.2. The summed E-state index contributed by atoms with van der Waals surface area (Å²) in [5.41, 5.74) is 0.402. The molecule has 0 unspecified atom stereocenters. The van der Waals surface area contributed by atoms with Crippen LogP contribution in [-0.4, -0.2) is 41.6 Å². The molecule has 0 aliphatic carbocycles. The largest absolute Gasteiger partial charge is 0.490 e. The molecule has 0 spiro atoms. The van der Waals surface area contributed by atoms with Crippen LogP contribution in [0.3, 0.4) is 0 Å². The summed E-state index contributed by atoms with van der Waals surface area (Å²) in [7, 11) is 0. The zero-order valence-corrected chi connectivity index (χ0v) is 11.1. The van der Waals surface area contributed by atoms with Crippen LogP contribution < -0.4 is 4.74 Å².